The van der Waals surface area contributed by atoms with Crippen LogP contribution in [0.2, 0.25) is 0 Å². The second-order valence-electron chi connectivity index (χ2n) is 3.99. The van der Waals surface area contributed by atoms with E-state index in [4.69, 9.17) is 5.73 Å². The van der Waals surface area contributed by atoms with Gasteiger partial charge in [-0.1, -0.05) is 0 Å². The molecule has 0 aliphatic rings. The van der Waals surface area contributed by atoms with Gasteiger partial charge >= 0.3 is 0 Å². The fraction of sp³-hybridized carbons (Fsp3) is 0.500. The molecule has 0 unspecified atom stereocenters. The Labute approximate surface area is 89.1 Å². The first-order valence-electron chi connectivity index (χ1n) is 4.81. The Hall–Kier alpha value is -1.49. The Morgan fingerprint density at radius 3 is 2.87 bits per heavy atom. The summed E-state index contributed by atoms with van der Waals surface area (Å²) in [5.41, 5.74) is 5.68. The van der Waals surface area contributed by atoms with Crippen molar-refractivity contribution in [1.29, 1.82) is 0 Å². The molecule has 5 nitrogen and oxygen atoms in total. The molecular weight excluding hydrogens is 192 g/mol. The normalized spacial score (nSPS) is 11.1. The summed E-state index contributed by atoms with van der Waals surface area (Å²) in [4.78, 5) is 11.6. The molecule has 1 amide bonds. The predicted molar refractivity (Wildman–Crippen MR) is 56.7 cm³/mol. The van der Waals surface area contributed by atoms with E-state index < -0.39 is 5.41 Å². The van der Waals surface area contributed by atoms with E-state index in [1.54, 1.807) is 26.1 Å². The van der Waals surface area contributed by atoms with Gasteiger partial charge < -0.3 is 11.1 Å². The third-order valence-corrected chi connectivity index (χ3v) is 2.18. The van der Waals surface area contributed by atoms with Gasteiger partial charge in [0.25, 0.3) is 0 Å². The van der Waals surface area contributed by atoms with E-state index in [0.717, 1.165) is 5.69 Å². The van der Waals surface area contributed by atoms with Crippen molar-refractivity contribution in [2.75, 3.05) is 6.54 Å². The topological polar surface area (TPSA) is 80.9 Å². The second-order valence-corrected chi connectivity index (χ2v) is 3.99. The van der Waals surface area contributed by atoms with Crippen molar-refractivity contribution in [3.63, 3.8) is 0 Å². The molecule has 0 bridgehead atoms. The number of aromatic nitrogens is 2. The lowest BCUT2D eigenvalue weighted by Crippen LogP contribution is -2.41. The van der Waals surface area contributed by atoms with Crippen molar-refractivity contribution in [2.45, 2.75) is 20.4 Å². The van der Waals surface area contributed by atoms with Crippen LogP contribution in [0.15, 0.2) is 18.3 Å². The Bertz CT molecular complexity index is 323. The number of carbonyl (C=O) groups is 1. The maximum Gasteiger partial charge on any atom is 0.227 e. The summed E-state index contributed by atoms with van der Waals surface area (Å²) >= 11 is 0. The Balaban J connectivity index is 2.48. The lowest BCUT2D eigenvalue weighted by Gasteiger charge is -2.20. The number of carbonyl (C=O) groups excluding carboxylic acids is 1. The fourth-order valence-electron chi connectivity index (χ4n) is 0.931. The van der Waals surface area contributed by atoms with Gasteiger partial charge in [-0.3, -0.25) is 4.79 Å². The molecule has 0 aromatic carbocycles. The number of nitrogens with two attached hydrogens (primary N) is 1. The van der Waals surface area contributed by atoms with Crippen LogP contribution in [-0.4, -0.2) is 22.6 Å². The van der Waals surface area contributed by atoms with Crippen LogP contribution < -0.4 is 11.1 Å². The molecule has 0 aliphatic heterocycles. The first-order chi connectivity index (χ1) is 7.06. The molecule has 0 radical (unpaired) electrons. The van der Waals surface area contributed by atoms with Gasteiger partial charge in [0.1, 0.15) is 0 Å². The lowest BCUT2D eigenvalue weighted by molar-refractivity contribution is -0.129. The molecule has 1 heterocycles. The van der Waals surface area contributed by atoms with Crippen molar-refractivity contribution >= 4 is 5.91 Å². The minimum atomic E-state index is -0.539. The molecule has 82 valence electrons. The van der Waals surface area contributed by atoms with E-state index in [-0.39, 0.29) is 5.91 Å². The molecule has 0 fully saturated rings. The summed E-state index contributed by atoms with van der Waals surface area (Å²) in [5.74, 6) is -0.0735. The first kappa shape index (κ1) is 11.6. The van der Waals surface area contributed by atoms with E-state index in [9.17, 15) is 4.79 Å². The molecule has 1 aromatic rings. The molecule has 1 aromatic heterocycles. The minimum Gasteiger partial charge on any atom is -0.350 e. The highest BCUT2D eigenvalue weighted by Crippen LogP contribution is 2.12. The van der Waals surface area contributed by atoms with E-state index in [2.05, 4.69) is 15.5 Å². The van der Waals surface area contributed by atoms with Gasteiger partial charge in [-0.05, 0) is 26.0 Å². The third kappa shape index (κ3) is 3.28. The fourth-order valence-corrected chi connectivity index (χ4v) is 0.931. The summed E-state index contributed by atoms with van der Waals surface area (Å²) in [5, 5.41) is 10.4. The maximum absolute atomic E-state index is 11.6. The largest absolute Gasteiger partial charge is 0.350 e. The van der Waals surface area contributed by atoms with Gasteiger partial charge in [0, 0.05) is 12.7 Å². The smallest absolute Gasteiger partial charge is 0.227 e. The summed E-state index contributed by atoms with van der Waals surface area (Å²) in [7, 11) is 0. The van der Waals surface area contributed by atoms with Crippen LogP contribution >= 0.6 is 0 Å². The van der Waals surface area contributed by atoms with Crippen molar-refractivity contribution in [3.8, 4) is 0 Å². The van der Waals surface area contributed by atoms with Crippen molar-refractivity contribution in [2.24, 2.45) is 11.1 Å². The molecule has 0 atom stereocenters. The standard InChI is InChI=1S/C10H16N4O/c1-10(2,7-11)9(15)12-6-8-4-3-5-13-14-8/h3-5H,6-7,11H2,1-2H3,(H,12,15). The highest BCUT2D eigenvalue weighted by Gasteiger charge is 2.25. The van der Waals surface area contributed by atoms with Crippen LogP contribution in [-0.2, 0) is 11.3 Å². The number of rotatable bonds is 4. The predicted octanol–water partition coefficient (Wildman–Crippen LogP) is 0.0777. The van der Waals surface area contributed by atoms with Gasteiger partial charge in [-0.15, -0.1) is 0 Å². The summed E-state index contributed by atoms with van der Waals surface area (Å²) < 4.78 is 0. The Kier molecular flexibility index (Phi) is 3.74. The van der Waals surface area contributed by atoms with Crippen molar-refractivity contribution < 1.29 is 4.79 Å². The third-order valence-electron chi connectivity index (χ3n) is 2.18. The number of nitrogens with zero attached hydrogens (tertiary/aromatic N) is 2. The van der Waals surface area contributed by atoms with Gasteiger partial charge in [-0.25, -0.2) is 0 Å². The first-order valence-corrected chi connectivity index (χ1v) is 4.81. The summed E-state index contributed by atoms with van der Waals surface area (Å²) in [6.07, 6.45) is 1.59. The molecule has 1 rings (SSSR count). The van der Waals surface area contributed by atoms with E-state index in [0.29, 0.717) is 13.1 Å². The Morgan fingerprint density at radius 1 is 1.60 bits per heavy atom. The van der Waals surface area contributed by atoms with E-state index >= 15 is 0 Å². The highest BCUT2D eigenvalue weighted by molar-refractivity contribution is 5.81. The molecule has 5 heteroatoms. The SMILES string of the molecule is CC(C)(CN)C(=O)NCc1cccnn1. The average molecular weight is 208 g/mol. The van der Waals surface area contributed by atoms with E-state index in [1.165, 1.54) is 0 Å². The quantitative estimate of drug-likeness (QED) is 0.734. The minimum absolute atomic E-state index is 0.0735. The molecule has 0 spiro atoms. The van der Waals surface area contributed by atoms with Crippen LogP contribution in [0.25, 0.3) is 0 Å². The zero-order valence-corrected chi connectivity index (χ0v) is 9.03. The molecule has 15 heavy (non-hydrogen) atoms. The molecular formula is C10H16N4O. The van der Waals surface area contributed by atoms with Crippen LogP contribution in [0.1, 0.15) is 19.5 Å². The number of hydrogen-bond donors (Lipinski definition) is 2. The number of nitrogens with one attached hydrogen (secondary N) is 1. The van der Waals surface area contributed by atoms with Crippen LogP contribution in [0, 0.1) is 5.41 Å². The Morgan fingerprint density at radius 2 is 2.33 bits per heavy atom. The maximum atomic E-state index is 11.6. The molecule has 0 saturated heterocycles. The van der Waals surface area contributed by atoms with Crippen molar-refractivity contribution in [1.82, 2.24) is 15.5 Å². The molecule has 3 N–H and O–H groups in total. The molecule has 0 saturated carbocycles. The molecule has 0 aliphatic carbocycles. The van der Waals surface area contributed by atoms with Gasteiger partial charge in [-0.2, -0.15) is 10.2 Å². The van der Waals surface area contributed by atoms with Gasteiger partial charge in [0.15, 0.2) is 0 Å². The highest BCUT2D eigenvalue weighted by atomic mass is 16.2. The van der Waals surface area contributed by atoms with Gasteiger partial charge in [0.05, 0.1) is 17.7 Å². The monoisotopic (exact) mass is 208 g/mol. The van der Waals surface area contributed by atoms with Crippen molar-refractivity contribution in [3.05, 3.63) is 24.0 Å². The number of amides is 1. The average Bonchev–Trinajstić information content (AvgIpc) is 2.27. The second kappa shape index (κ2) is 4.84. The van der Waals surface area contributed by atoms with Crippen LogP contribution in [0.5, 0.6) is 0 Å². The van der Waals surface area contributed by atoms with Crippen LogP contribution in [0.4, 0.5) is 0 Å². The lowest BCUT2D eigenvalue weighted by atomic mass is 9.93. The zero-order chi connectivity index (χ0) is 11.3. The summed E-state index contributed by atoms with van der Waals surface area (Å²) in [6.45, 7) is 4.31. The van der Waals surface area contributed by atoms with Crippen LogP contribution in [0.3, 0.4) is 0 Å². The zero-order valence-electron chi connectivity index (χ0n) is 9.03. The summed E-state index contributed by atoms with van der Waals surface area (Å²) in [6, 6.07) is 3.59. The van der Waals surface area contributed by atoms with E-state index in [1.807, 2.05) is 6.07 Å². The number of hydrogen-bond acceptors (Lipinski definition) is 4. The van der Waals surface area contributed by atoms with Gasteiger partial charge in [0.2, 0.25) is 5.91 Å².